The van der Waals surface area contributed by atoms with Gasteiger partial charge in [-0.05, 0) is 30.3 Å². The molecule has 0 bridgehead atoms. The molecule has 134 valence electrons. The molecule has 1 aromatic carbocycles. The van der Waals surface area contributed by atoms with E-state index in [1.54, 1.807) is 24.3 Å². The maximum Gasteiger partial charge on any atom is 0.271 e. The van der Waals surface area contributed by atoms with Crippen molar-refractivity contribution in [3.63, 3.8) is 0 Å². The Hall–Kier alpha value is -4.14. The molecule has 0 aliphatic rings. The second kappa shape index (κ2) is 7.83. The van der Waals surface area contributed by atoms with Gasteiger partial charge in [0.1, 0.15) is 0 Å². The number of benzene rings is 1. The molecule has 0 atom stereocenters. The average Bonchev–Trinajstić information content (AvgIpc) is 2.69. The molecule has 9 nitrogen and oxygen atoms in total. The first-order valence-electron chi connectivity index (χ1n) is 7.75. The molecule has 0 saturated carbocycles. The number of pyridine rings is 2. The Balaban J connectivity index is 1.89. The summed E-state index contributed by atoms with van der Waals surface area (Å²) in [7, 11) is 0. The van der Waals surface area contributed by atoms with Crippen LogP contribution in [0.3, 0.4) is 0 Å². The standard InChI is InChI=1S/C18H13N5O4/c24-17(21-14-1-5-19-6-2-14)12-9-13(11-16(10-12)23(26)27)18(25)22-15-3-7-20-8-4-15/h1-11H,(H,19,21,24)(H,20,22,25). The van der Waals surface area contributed by atoms with Crippen molar-refractivity contribution in [3.8, 4) is 0 Å². The summed E-state index contributed by atoms with van der Waals surface area (Å²) in [5.41, 5.74) is 0.563. The number of carbonyl (C=O) groups excluding carboxylic acids is 2. The van der Waals surface area contributed by atoms with Crippen LogP contribution in [0.25, 0.3) is 0 Å². The van der Waals surface area contributed by atoms with Gasteiger partial charge < -0.3 is 10.6 Å². The van der Waals surface area contributed by atoms with Crippen molar-refractivity contribution in [2.45, 2.75) is 0 Å². The summed E-state index contributed by atoms with van der Waals surface area (Å²) in [5.74, 6) is -1.16. The minimum absolute atomic E-state index is 0.0131. The van der Waals surface area contributed by atoms with E-state index in [0.717, 1.165) is 12.1 Å². The van der Waals surface area contributed by atoms with Gasteiger partial charge in [-0.25, -0.2) is 0 Å². The third-order valence-corrected chi connectivity index (χ3v) is 3.53. The van der Waals surface area contributed by atoms with E-state index in [1.807, 2.05) is 0 Å². The fourth-order valence-corrected chi connectivity index (χ4v) is 2.26. The van der Waals surface area contributed by atoms with Crippen LogP contribution < -0.4 is 10.6 Å². The zero-order valence-electron chi connectivity index (χ0n) is 13.8. The third-order valence-electron chi connectivity index (χ3n) is 3.53. The van der Waals surface area contributed by atoms with Crippen molar-refractivity contribution in [2.75, 3.05) is 10.6 Å². The first kappa shape index (κ1) is 17.7. The Morgan fingerprint density at radius 1 is 0.778 bits per heavy atom. The monoisotopic (exact) mass is 363 g/mol. The van der Waals surface area contributed by atoms with Crippen LogP contribution in [0.1, 0.15) is 20.7 Å². The van der Waals surface area contributed by atoms with Crippen molar-refractivity contribution in [3.05, 3.63) is 88.5 Å². The number of hydrogen-bond donors (Lipinski definition) is 2. The van der Waals surface area contributed by atoms with Crippen LogP contribution in [0, 0.1) is 10.1 Å². The number of nitrogens with zero attached hydrogens (tertiary/aromatic N) is 3. The number of amides is 2. The van der Waals surface area contributed by atoms with E-state index in [4.69, 9.17) is 0 Å². The molecule has 0 radical (unpaired) electrons. The lowest BCUT2D eigenvalue weighted by molar-refractivity contribution is -0.384. The molecule has 9 heteroatoms. The van der Waals surface area contributed by atoms with Crippen LogP contribution in [0.5, 0.6) is 0 Å². The van der Waals surface area contributed by atoms with Crippen molar-refractivity contribution in [1.29, 1.82) is 0 Å². The Kier molecular flexibility index (Phi) is 5.12. The van der Waals surface area contributed by atoms with Gasteiger partial charge in [-0.2, -0.15) is 0 Å². The van der Waals surface area contributed by atoms with Gasteiger partial charge in [0.05, 0.1) is 4.92 Å². The van der Waals surface area contributed by atoms with Gasteiger partial charge in [0.25, 0.3) is 17.5 Å². The quantitative estimate of drug-likeness (QED) is 0.530. The molecule has 0 saturated heterocycles. The molecule has 2 aromatic heterocycles. The smallest absolute Gasteiger partial charge is 0.271 e. The molecule has 0 aliphatic carbocycles. The SMILES string of the molecule is O=C(Nc1ccncc1)c1cc(C(=O)Nc2ccncc2)cc([N+](=O)[O-])c1. The summed E-state index contributed by atoms with van der Waals surface area (Å²) < 4.78 is 0. The summed E-state index contributed by atoms with van der Waals surface area (Å²) in [6, 6.07) is 9.82. The van der Waals surface area contributed by atoms with Crippen LogP contribution in [-0.2, 0) is 0 Å². The highest BCUT2D eigenvalue weighted by Gasteiger charge is 2.18. The molecule has 3 rings (SSSR count). The number of non-ortho nitro benzene ring substituents is 1. The molecule has 2 amide bonds. The maximum absolute atomic E-state index is 12.4. The average molecular weight is 363 g/mol. The van der Waals surface area contributed by atoms with Crippen LogP contribution in [0.4, 0.5) is 17.1 Å². The predicted octanol–water partition coefficient (Wildman–Crippen LogP) is 2.89. The number of carbonyl (C=O) groups is 2. The molecule has 2 heterocycles. The molecular weight excluding hydrogens is 350 g/mol. The molecule has 0 aliphatic heterocycles. The third kappa shape index (κ3) is 4.48. The first-order chi connectivity index (χ1) is 13.0. The number of nitro benzene ring substituents is 1. The van der Waals surface area contributed by atoms with Crippen LogP contribution >= 0.6 is 0 Å². The predicted molar refractivity (Wildman–Crippen MR) is 97.5 cm³/mol. The number of nitro groups is 1. The van der Waals surface area contributed by atoms with Crippen molar-refractivity contribution in [1.82, 2.24) is 9.97 Å². The number of aromatic nitrogens is 2. The Bertz CT molecular complexity index is 921. The van der Waals surface area contributed by atoms with E-state index in [-0.39, 0.29) is 16.8 Å². The normalized spacial score (nSPS) is 10.1. The highest BCUT2D eigenvalue weighted by molar-refractivity contribution is 6.09. The Morgan fingerprint density at radius 2 is 1.19 bits per heavy atom. The number of anilines is 2. The fraction of sp³-hybridized carbons (Fsp3) is 0. The van der Waals surface area contributed by atoms with Crippen molar-refractivity contribution < 1.29 is 14.5 Å². The van der Waals surface area contributed by atoms with Crippen LogP contribution in [-0.4, -0.2) is 26.7 Å². The van der Waals surface area contributed by atoms with Crippen molar-refractivity contribution in [2.24, 2.45) is 0 Å². The summed E-state index contributed by atoms with van der Waals surface area (Å²) in [6.07, 6.45) is 5.99. The van der Waals surface area contributed by atoms with Gasteiger partial charge in [-0.15, -0.1) is 0 Å². The van der Waals surface area contributed by atoms with Gasteiger partial charge in [0, 0.05) is 59.4 Å². The topological polar surface area (TPSA) is 127 Å². The van der Waals surface area contributed by atoms with E-state index >= 15 is 0 Å². The van der Waals surface area contributed by atoms with Gasteiger partial charge in [-0.1, -0.05) is 0 Å². The second-order valence-corrected chi connectivity index (χ2v) is 5.41. The van der Waals surface area contributed by atoms with Gasteiger partial charge in [0.15, 0.2) is 0 Å². The minimum atomic E-state index is -0.660. The van der Waals surface area contributed by atoms with E-state index in [1.165, 1.54) is 30.9 Å². The van der Waals surface area contributed by atoms with E-state index in [9.17, 15) is 19.7 Å². The van der Waals surface area contributed by atoms with Gasteiger partial charge >= 0.3 is 0 Å². The summed E-state index contributed by atoms with van der Waals surface area (Å²) in [6.45, 7) is 0. The van der Waals surface area contributed by atoms with E-state index in [0.29, 0.717) is 11.4 Å². The van der Waals surface area contributed by atoms with E-state index < -0.39 is 16.7 Å². The molecule has 2 N–H and O–H groups in total. The summed E-state index contributed by atoms with van der Waals surface area (Å²) >= 11 is 0. The first-order valence-corrected chi connectivity index (χ1v) is 7.75. The van der Waals surface area contributed by atoms with Crippen molar-refractivity contribution >= 4 is 28.9 Å². The lowest BCUT2D eigenvalue weighted by Crippen LogP contribution is -2.16. The Morgan fingerprint density at radius 3 is 1.56 bits per heavy atom. The molecule has 3 aromatic rings. The molecule has 0 spiro atoms. The number of rotatable bonds is 5. The molecular formula is C18H13N5O4. The van der Waals surface area contributed by atoms with E-state index in [2.05, 4.69) is 20.6 Å². The lowest BCUT2D eigenvalue weighted by atomic mass is 10.1. The number of nitrogens with one attached hydrogen (secondary N) is 2. The van der Waals surface area contributed by atoms with Gasteiger partial charge in [-0.3, -0.25) is 29.7 Å². The lowest BCUT2D eigenvalue weighted by Gasteiger charge is -2.08. The fourth-order valence-electron chi connectivity index (χ4n) is 2.26. The maximum atomic E-state index is 12.4. The van der Waals surface area contributed by atoms with Gasteiger partial charge in [0.2, 0.25) is 0 Å². The molecule has 0 fully saturated rings. The second-order valence-electron chi connectivity index (χ2n) is 5.41. The zero-order chi connectivity index (χ0) is 19.2. The summed E-state index contributed by atoms with van der Waals surface area (Å²) in [5, 5.41) is 16.4. The zero-order valence-corrected chi connectivity index (χ0v) is 13.8. The largest absolute Gasteiger partial charge is 0.322 e. The Labute approximate surface area is 153 Å². The highest BCUT2D eigenvalue weighted by Crippen LogP contribution is 2.20. The molecule has 0 unspecified atom stereocenters. The number of hydrogen-bond acceptors (Lipinski definition) is 6. The summed E-state index contributed by atoms with van der Waals surface area (Å²) in [4.78, 5) is 43.1. The van der Waals surface area contributed by atoms with Crippen LogP contribution in [0.2, 0.25) is 0 Å². The van der Waals surface area contributed by atoms with Crippen LogP contribution in [0.15, 0.2) is 67.3 Å². The highest BCUT2D eigenvalue weighted by atomic mass is 16.6. The molecule has 27 heavy (non-hydrogen) atoms. The minimum Gasteiger partial charge on any atom is -0.322 e.